The highest BCUT2D eigenvalue weighted by atomic mass is 35.5. The highest BCUT2D eigenvalue weighted by Crippen LogP contribution is 2.42. The lowest BCUT2D eigenvalue weighted by molar-refractivity contribution is -0.141. The summed E-state index contributed by atoms with van der Waals surface area (Å²) in [4.78, 5) is 27.1. The molecule has 1 N–H and O–H groups in total. The van der Waals surface area contributed by atoms with Gasteiger partial charge in [-0.1, -0.05) is 17.7 Å². The second-order valence-electron chi connectivity index (χ2n) is 6.17. The van der Waals surface area contributed by atoms with Crippen LogP contribution < -0.4 is 5.32 Å². The van der Waals surface area contributed by atoms with E-state index >= 15 is 0 Å². The monoisotopic (exact) mass is 406 g/mol. The molecule has 0 saturated carbocycles. The Balaban J connectivity index is 2.53. The molecule has 1 heterocycles. The minimum atomic E-state index is -0.789. The Hall–Kier alpha value is -2.85. The maximum absolute atomic E-state index is 13.5. The molecule has 1 aromatic carbocycles. The second kappa shape index (κ2) is 9.38. The van der Waals surface area contributed by atoms with Gasteiger partial charge in [-0.3, -0.25) is 4.79 Å². The standard InChI is InChI=1S/C20H20ClFN2O4/c1-11-19(23-3)17(14-8-7-13(22)10-15(14)21)18(20(26)27-4)16(24-11)6-5-9-28-12(2)25/h7-8,10,17,24H,5-6,9H2,1-2,4H3. The number of hydrogen-bond acceptors (Lipinski definition) is 5. The van der Waals surface area contributed by atoms with Gasteiger partial charge >= 0.3 is 11.9 Å². The van der Waals surface area contributed by atoms with Crippen molar-refractivity contribution in [2.24, 2.45) is 0 Å². The molecule has 6 nitrogen and oxygen atoms in total. The van der Waals surface area contributed by atoms with Crippen molar-refractivity contribution < 1.29 is 23.5 Å². The van der Waals surface area contributed by atoms with Crippen LogP contribution in [-0.2, 0) is 19.1 Å². The third-order valence-corrected chi connectivity index (χ3v) is 4.61. The number of ether oxygens (including phenoxy) is 2. The molecular weight excluding hydrogens is 387 g/mol. The van der Waals surface area contributed by atoms with Crippen molar-refractivity contribution in [2.45, 2.75) is 32.6 Å². The Morgan fingerprint density at radius 2 is 2.11 bits per heavy atom. The molecule has 1 aliphatic heterocycles. The number of allylic oxidation sites excluding steroid dienone is 3. The van der Waals surface area contributed by atoms with Crippen LogP contribution in [0, 0.1) is 12.4 Å². The molecule has 0 spiro atoms. The second-order valence-corrected chi connectivity index (χ2v) is 6.58. The summed E-state index contributed by atoms with van der Waals surface area (Å²) in [5.74, 6) is -2.31. The molecule has 0 fully saturated rings. The van der Waals surface area contributed by atoms with Crippen LogP contribution in [0.25, 0.3) is 4.85 Å². The smallest absolute Gasteiger partial charge is 0.335 e. The van der Waals surface area contributed by atoms with Crippen LogP contribution >= 0.6 is 11.6 Å². The van der Waals surface area contributed by atoms with E-state index in [-0.39, 0.29) is 28.9 Å². The summed E-state index contributed by atoms with van der Waals surface area (Å²) >= 11 is 6.24. The predicted octanol–water partition coefficient (Wildman–Crippen LogP) is 4.09. The molecule has 1 aliphatic rings. The van der Waals surface area contributed by atoms with Gasteiger partial charge in [-0.05, 0) is 37.5 Å². The van der Waals surface area contributed by atoms with Crippen LogP contribution in [0.5, 0.6) is 0 Å². The number of rotatable bonds is 6. The maximum Gasteiger partial charge on any atom is 0.335 e. The van der Waals surface area contributed by atoms with Gasteiger partial charge in [-0.25, -0.2) is 14.0 Å². The molecule has 2 rings (SSSR count). The fourth-order valence-corrected chi connectivity index (χ4v) is 3.36. The van der Waals surface area contributed by atoms with Crippen LogP contribution in [-0.4, -0.2) is 25.7 Å². The Labute approximate surface area is 167 Å². The predicted molar refractivity (Wildman–Crippen MR) is 101 cm³/mol. The zero-order chi connectivity index (χ0) is 20.8. The first-order valence-electron chi connectivity index (χ1n) is 8.55. The van der Waals surface area contributed by atoms with Crippen LogP contribution in [0.2, 0.25) is 5.02 Å². The molecule has 1 atom stereocenters. The summed E-state index contributed by atoms with van der Waals surface area (Å²) in [7, 11) is 1.25. The van der Waals surface area contributed by atoms with Gasteiger partial charge < -0.3 is 14.8 Å². The molecule has 1 unspecified atom stereocenters. The van der Waals surface area contributed by atoms with E-state index in [0.29, 0.717) is 29.8 Å². The van der Waals surface area contributed by atoms with Gasteiger partial charge in [0.2, 0.25) is 0 Å². The van der Waals surface area contributed by atoms with Crippen LogP contribution in [0.4, 0.5) is 4.39 Å². The number of methoxy groups -OCH3 is 1. The molecular formula is C20H20ClFN2O4. The van der Waals surface area contributed by atoms with Crippen molar-refractivity contribution in [1.82, 2.24) is 5.32 Å². The number of dihydropyridines is 1. The average molecular weight is 407 g/mol. The lowest BCUT2D eigenvalue weighted by atomic mass is 9.83. The molecule has 0 aromatic heterocycles. The van der Waals surface area contributed by atoms with Crippen LogP contribution in [0.1, 0.15) is 38.2 Å². The van der Waals surface area contributed by atoms with E-state index in [0.717, 1.165) is 6.07 Å². The third kappa shape index (κ3) is 4.70. The Bertz CT molecular complexity index is 902. The van der Waals surface area contributed by atoms with E-state index in [1.54, 1.807) is 6.92 Å². The van der Waals surface area contributed by atoms with Crippen molar-refractivity contribution in [3.63, 3.8) is 0 Å². The molecule has 1 aromatic rings. The fraction of sp³-hybridized carbons (Fsp3) is 0.350. The zero-order valence-electron chi connectivity index (χ0n) is 15.8. The lowest BCUT2D eigenvalue weighted by Crippen LogP contribution is -2.29. The number of hydrogen-bond donors (Lipinski definition) is 1. The van der Waals surface area contributed by atoms with Gasteiger partial charge in [0.05, 0.1) is 31.8 Å². The average Bonchev–Trinajstić information content (AvgIpc) is 2.64. The van der Waals surface area contributed by atoms with Crippen LogP contribution in [0.3, 0.4) is 0 Å². The van der Waals surface area contributed by atoms with Crippen molar-refractivity contribution in [1.29, 1.82) is 0 Å². The zero-order valence-corrected chi connectivity index (χ0v) is 16.5. The molecule has 148 valence electrons. The minimum absolute atomic E-state index is 0.113. The van der Waals surface area contributed by atoms with E-state index < -0.39 is 17.7 Å². The fourth-order valence-electron chi connectivity index (χ4n) is 3.08. The Morgan fingerprint density at radius 3 is 2.68 bits per heavy atom. The summed E-state index contributed by atoms with van der Waals surface area (Å²) in [6.07, 6.45) is 0.850. The van der Waals surface area contributed by atoms with Crippen molar-refractivity contribution in [3.8, 4) is 0 Å². The van der Waals surface area contributed by atoms with E-state index in [1.165, 1.54) is 26.2 Å². The van der Waals surface area contributed by atoms with Crippen molar-refractivity contribution in [3.05, 3.63) is 68.7 Å². The third-order valence-electron chi connectivity index (χ3n) is 4.29. The van der Waals surface area contributed by atoms with E-state index in [9.17, 15) is 14.0 Å². The topological polar surface area (TPSA) is 69.0 Å². The number of esters is 2. The number of carbonyl (C=O) groups is 2. The molecule has 0 radical (unpaired) electrons. The number of benzene rings is 1. The van der Waals surface area contributed by atoms with Gasteiger partial charge in [-0.2, -0.15) is 0 Å². The Morgan fingerprint density at radius 1 is 1.39 bits per heavy atom. The number of carbonyl (C=O) groups excluding carboxylic acids is 2. The first-order valence-corrected chi connectivity index (χ1v) is 8.92. The first-order chi connectivity index (χ1) is 13.3. The Kier molecular flexibility index (Phi) is 7.18. The molecule has 0 bridgehead atoms. The summed E-state index contributed by atoms with van der Waals surface area (Å²) in [6, 6.07) is 3.84. The first kappa shape index (κ1) is 21.5. The largest absolute Gasteiger partial charge is 0.466 e. The summed E-state index contributed by atoms with van der Waals surface area (Å²) in [5.41, 5.74) is 2.06. The summed E-state index contributed by atoms with van der Waals surface area (Å²) < 4.78 is 23.4. The van der Waals surface area contributed by atoms with Crippen molar-refractivity contribution in [2.75, 3.05) is 13.7 Å². The van der Waals surface area contributed by atoms with Crippen LogP contribution in [0.15, 0.2) is 40.9 Å². The van der Waals surface area contributed by atoms with Gasteiger partial charge in [0, 0.05) is 23.3 Å². The molecule has 0 saturated heterocycles. The van der Waals surface area contributed by atoms with E-state index in [2.05, 4.69) is 10.2 Å². The van der Waals surface area contributed by atoms with Gasteiger partial charge in [0.1, 0.15) is 5.82 Å². The molecule has 8 heteroatoms. The normalized spacial score (nSPS) is 16.4. The number of halogens is 2. The SMILES string of the molecule is [C-]#[N+]C1=C(C)NC(CCCOC(C)=O)=C(C(=O)OC)C1c1ccc(F)cc1Cl. The lowest BCUT2D eigenvalue weighted by Gasteiger charge is -2.30. The number of nitrogens with one attached hydrogen (secondary N) is 1. The van der Waals surface area contributed by atoms with Gasteiger partial charge in [-0.15, -0.1) is 0 Å². The summed E-state index contributed by atoms with van der Waals surface area (Å²) in [6.45, 7) is 10.8. The maximum atomic E-state index is 13.5. The highest BCUT2D eigenvalue weighted by Gasteiger charge is 2.36. The quantitative estimate of drug-likeness (QED) is 0.438. The van der Waals surface area contributed by atoms with E-state index in [1.807, 2.05) is 0 Å². The molecule has 0 amide bonds. The van der Waals surface area contributed by atoms with E-state index in [4.69, 9.17) is 27.6 Å². The molecule has 28 heavy (non-hydrogen) atoms. The highest BCUT2D eigenvalue weighted by molar-refractivity contribution is 6.31. The van der Waals surface area contributed by atoms with Gasteiger partial charge in [0.25, 0.3) is 0 Å². The minimum Gasteiger partial charge on any atom is -0.466 e. The van der Waals surface area contributed by atoms with Gasteiger partial charge in [0.15, 0.2) is 5.70 Å². The number of nitrogens with zero attached hydrogens (tertiary/aromatic N) is 1. The van der Waals surface area contributed by atoms with Crippen molar-refractivity contribution >= 4 is 23.5 Å². The summed E-state index contributed by atoms with van der Waals surface area (Å²) in [5, 5.41) is 3.20. The molecule has 0 aliphatic carbocycles.